The Balaban J connectivity index is 3.04. The molecule has 0 saturated heterocycles. The first-order valence-electron chi connectivity index (χ1n) is 5.36. The first-order valence-corrected chi connectivity index (χ1v) is 5.36. The molecule has 0 spiro atoms. The van der Waals surface area contributed by atoms with E-state index in [4.69, 9.17) is 14.6 Å². The number of hydrogen-bond acceptors (Lipinski definition) is 3. The minimum Gasteiger partial charge on any atom is -0.490 e. The fourth-order valence-electron chi connectivity index (χ4n) is 1.37. The number of carbonyl (C=O) groups is 1. The lowest BCUT2D eigenvalue weighted by Gasteiger charge is -2.12. The SMILES string of the molecule is CCOc1ccc(C(F)C(=O)O)cc1OCC. The molecule has 1 rings (SSSR count). The zero-order valence-electron chi connectivity index (χ0n) is 9.77. The Bertz CT molecular complexity index is 392. The monoisotopic (exact) mass is 242 g/mol. The minimum absolute atomic E-state index is 0.0457. The maximum Gasteiger partial charge on any atom is 0.343 e. The highest BCUT2D eigenvalue weighted by Gasteiger charge is 2.20. The van der Waals surface area contributed by atoms with E-state index in [1.807, 2.05) is 6.92 Å². The van der Waals surface area contributed by atoms with E-state index in [0.29, 0.717) is 24.7 Å². The van der Waals surface area contributed by atoms with Crippen LogP contribution in [0, 0.1) is 0 Å². The standard InChI is InChI=1S/C12H15FO4/c1-3-16-9-6-5-8(11(13)12(14)15)7-10(9)17-4-2/h5-7,11H,3-4H2,1-2H3,(H,14,15). The summed E-state index contributed by atoms with van der Waals surface area (Å²) in [5, 5.41) is 8.58. The third kappa shape index (κ3) is 3.34. The molecular formula is C12H15FO4. The van der Waals surface area contributed by atoms with Crippen molar-refractivity contribution in [1.29, 1.82) is 0 Å². The van der Waals surface area contributed by atoms with Crippen LogP contribution in [0.15, 0.2) is 18.2 Å². The molecule has 0 saturated carbocycles. The van der Waals surface area contributed by atoms with Crippen LogP contribution in [-0.4, -0.2) is 24.3 Å². The molecule has 1 N–H and O–H groups in total. The Hall–Kier alpha value is -1.78. The van der Waals surface area contributed by atoms with Crippen LogP contribution in [0.4, 0.5) is 4.39 Å². The molecule has 1 aromatic carbocycles. The third-order valence-corrected chi connectivity index (χ3v) is 2.08. The van der Waals surface area contributed by atoms with Gasteiger partial charge in [-0.25, -0.2) is 9.18 Å². The summed E-state index contributed by atoms with van der Waals surface area (Å²) >= 11 is 0. The van der Waals surface area contributed by atoms with Gasteiger partial charge in [0.15, 0.2) is 11.5 Å². The fraction of sp³-hybridized carbons (Fsp3) is 0.417. The van der Waals surface area contributed by atoms with Crippen molar-refractivity contribution in [1.82, 2.24) is 0 Å². The van der Waals surface area contributed by atoms with Crippen LogP contribution in [-0.2, 0) is 4.79 Å². The largest absolute Gasteiger partial charge is 0.490 e. The second-order valence-corrected chi connectivity index (χ2v) is 3.27. The quantitative estimate of drug-likeness (QED) is 0.833. The van der Waals surface area contributed by atoms with Crippen molar-refractivity contribution in [3.63, 3.8) is 0 Å². The number of aliphatic carboxylic acids is 1. The van der Waals surface area contributed by atoms with Crippen molar-refractivity contribution in [3.8, 4) is 11.5 Å². The van der Waals surface area contributed by atoms with E-state index in [9.17, 15) is 9.18 Å². The highest BCUT2D eigenvalue weighted by molar-refractivity contribution is 5.74. The molecule has 0 aromatic heterocycles. The number of alkyl halides is 1. The highest BCUT2D eigenvalue weighted by atomic mass is 19.1. The summed E-state index contributed by atoms with van der Waals surface area (Å²) in [6, 6.07) is 4.25. The van der Waals surface area contributed by atoms with Gasteiger partial charge in [0.05, 0.1) is 13.2 Å². The number of halogens is 1. The number of hydrogen-bond donors (Lipinski definition) is 1. The summed E-state index contributed by atoms with van der Waals surface area (Å²) in [5.41, 5.74) is 0.0457. The minimum atomic E-state index is -2.05. The maximum absolute atomic E-state index is 13.3. The molecule has 1 unspecified atom stereocenters. The third-order valence-electron chi connectivity index (χ3n) is 2.08. The van der Waals surface area contributed by atoms with E-state index in [0.717, 1.165) is 0 Å². The Morgan fingerprint density at radius 3 is 2.41 bits per heavy atom. The van der Waals surface area contributed by atoms with Crippen molar-refractivity contribution in [3.05, 3.63) is 23.8 Å². The fourth-order valence-corrected chi connectivity index (χ4v) is 1.37. The van der Waals surface area contributed by atoms with Crippen LogP contribution in [0.5, 0.6) is 11.5 Å². The van der Waals surface area contributed by atoms with Crippen molar-refractivity contribution < 1.29 is 23.8 Å². The van der Waals surface area contributed by atoms with Crippen molar-refractivity contribution in [2.24, 2.45) is 0 Å². The van der Waals surface area contributed by atoms with Crippen LogP contribution in [0.1, 0.15) is 25.6 Å². The van der Waals surface area contributed by atoms with E-state index in [1.54, 1.807) is 6.92 Å². The molecule has 1 atom stereocenters. The van der Waals surface area contributed by atoms with Crippen LogP contribution in [0.25, 0.3) is 0 Å². The van der Waals surface area contributed by atoms with Gasteiger partial charge in [0.2, 0.25) is 6.17 Å². The Kier molecular flexibility index (Phi) is 4.75. The number of ether oxygens (including phenoxy) is 2. The molecule has 1 aromatic rings. The number of benzene rings is 1. The molecule has 4 nitrogen and oxygen atoms in total. The second-order valence-electron chi connectivity index (χ2n) is 3.27. The normalized spacial score (nSPS) is 11.9. The molecular weight excluding hydrogens is 227 g/mol. The molecule has 0 fully saturated rings. The summed E-state index contributed by atoms with van der Waals surface area (Å²) in [6.07, 6.45) is -2.05. The molecule has 0 bridgehead atoms. The first-order chi connectivity index (χ1) is 8.10. The average molecular weight is 242 g/mol. The Morgan fingerprint density at radius 2 is 1.88 bits per heavy atom. The lowest BCUT2D eigenvalue weighted by Crippen LogP contribution is -2.07. The smallest absolute Gasteiger partial charge is 0.343 e. The Labute approximate surface area is 99.0 Å². The molecule has 0 aliphatic heterocycles. The average Bonchev–Trinajstić information content (AvgIpc) is 2.31. The van der Waals surface area contributed by atoms with E-state index < -0.39 is 12.1 Å². The summed E-state index contributed by atoms with van der Waals surface area (Å²) in [6.45, 7) is 4.45. The van der Waals surface area contributed by atoms with Crippen molar-refractivity contribution in [2.75, 3.05) is 13.2 Å². The molecule has 0 aliphatic carbocycles. The van der Waals surface area contributed by atoms with Gasteiger partial charge < -0.3 is 14.6 Å². The topological polar surface area (TPSA) is 55.8 Å². The maximum atomic E-state index is 13.3. The van der Waals surface area contributed by atoms with E-state index in [1.165, 1.54) is 18.2 Å². The van der Waals surface area contributed by atoms with Gasteiger partial charge in [0, 0.05) is 5.56 Å². The first kappa shape index (κ1) is 13.3. The zero-order valence-corrected chi connectivity index (χ0v) is 9.77. The van der Waals surface area contributed by atoms with Crippen LogP contribution in [0.2, 0.25) is 0 Å². The second kappa shape index (κ2) is 6.08. The number of carboxylic acid groups (broad SMARTS) is 1. The summed E-state index contributed by atoms with van der Waals surface area (Å²) in [4.78, 5) is 10.5. The van der Waals surface area contributed by atoms with Gasteiger partial charge >= 0.3 is 5.97 Å². The molecule has 94 valence electrons. The van der Waals surface area contributed by atoms with Gasteiger partial charge in [-0.1, -0.05) is 6.07 Å². The molecule has 0 aliphatic rings. The van der Waals surface area contributed by atoms with Crippen LogP contribution >= 0.6 is 0 Å². The summed E-state index contributed by atoms with van der Waals surface area (Å²) in [7, 11) is 0. The molecule has 0 radical (unpaired) electrons. The molecule has 17 heavy (non-hydrogen) atoms. The van der Waals surface area contributed by atoms with Gasteiger partial charge in [0.1, 0.15) is 0 Å². The Morgan fingerprint density at radius 1 is 1.29 bits per heavy atom. The number of rotatable bonds is 6. The summed E-state index contributed by atoms with van der Waals surface area (Å²) in [5.74, 6) is -0.678. The van der Waals surface area contributed by atoms with Crippen molar-refractivity contribution >= 4 is 5.97 Å². The zero-order chi connectivity index (χ0) is 12.8. The molecule has 0 amide bonds. The summed E-state index contributed by atoms with van der Waals surface area (Å²) < 4.78 is 23.9. The lowest BCUT2D eigenvalue weighted by atomic mass is 10.1. The van der Waals surface area contributed by atoms with Crippen LogP contribution in [0.3, 0.4) is 0 Å². The van der Waals surface area contributed by atoms with Gasteiger partial charge in [-0.15, -0.1) is 0 Å². The molecule has 5 heteroatoms. The van der Waals surface area contributed by atoms with Crippen molar-refractivity contribution in [2.45, 2.75) is 20.0 Å². The van der Waals surface area contributed by atoms with Gasteiger partial charge in [0.25, 0.3) is 0 Å². The van der Waals surface area contributed by atoms with E-state index >= 15 is 0 Å². The van der Waals surface area contributed by atoms with E-state index in [-0.39, 0.29) is 5.56 Å². The van der Waals surface area contributed by atoms with Gasteiger partial charge in [-0.2, -0.15) is 0 Å². The predicted molar refractivity (Wildman–Crippen MR) is 60.3 cm³/mol. The van der Waals surface area contributed by atoms with E-state index in [2.05, 4.69) is 0 Å². The van der Waals surface area contributed by atoms with Gasteiger partial charge in [-0.3, -0.25) is 0 Å². The van der Waals surface area contributed by atoms with Crippen LogP contribution < -0.4 is 9.47 Å². The molecule has 0 heterocycles. The van der Waals surface area contributed by atoms with Gasteiger partial charge in [-0.05, 0) is 26.0 Å². The number of carboxylic acids is 1. The predicted octanol–water partition coefficient (Wildman–Crippen LogP) is 2.58. The highest BCUT2D eigenvalue weighted by Crippen LogP contribution is 2.31. The lowest BCUT2D eigenvalue weighted by molar-refractivity contribution is -0.143.